The molecule has 7 heteroatoms. The molecule has 1 aromatic heterocycles. The highest BCUT2D eigenvalue weighted by Crippen LogP contribution is 2.31. The number of rotatable bonds is 7. The van der Waals surface area contributed by atoms with E-state index in [1.54, 1.807) is 0 Å². The summed E-state index contributed by atoms with van der Waals surface area (Å²) in [7, 11) is 5.90. The minimum Gasteiger partial charge on any atom is -0.396 e. The van der Waals surface area contributed by atoms with Gasteiger partial charge in [-0.05, 0) is 26.8 Å². The summed E-state index contributed by atoms with van der Waals surface area (Å²) < 4.78 is 0. The first kappa shape index (κ1) is 18.9. The van der Waals surface area contributed by atoms with Gasteiger partial charge in [0.2, 0.25) is 5.95 Å². The van der Waals surface area contributed by atoms with Crippen LogP contribution in [-0.2, 0) is 0 Å². The third kappa shape index (κ3) is 4.15. The average Bonchev–Trinajstić information content (AvgIpc) is 2.92. The number of hydrogen-bond acceptors (Lipinski definition) is 7. The maximum Gasteiger partial charge on any atom is 0.227 e. The van der Waals surface area contributed by atoms with Gasteiger partial charge in [0.15, 0.2) is 0 Å². The van der Waals surface area contributed by atoms with E-state index in [9.17, 15) is 5.11 Å². The van der Waals surface area contributed by atoms with Crippen LogP contribution in [0.4, 0.5) is 11.8 Å². The van der Waals surface area contributed by atoms with E-state index in [0.717, 1.165) is 42.7 Å². The number of anilines is 2. The molecule has 1 aromatic rings. The second kappa shape index (κ2) is 8.09. The molecule has 1 fully saturated rings. The van der Waals surface area contributed by atoms with Crippen LogP contribution in [0.2, 0.25) is 0 Å². The molecule has 2 heterocycles. The number of aromatic nitrogens is 2. The minimum atomic E-state index is 0.160. The Balaban J connectivity index is 2.21. The maximum absolute atomic E-state index is 9.78. The van der Waals surface area contributed by atoms with Crippen molar-refractivity contribution in [3.8, 4) is 0 Å². The molecule has 136 valence electrons. The van der Waals surface area contributed by atoms with E-state index in [-0.39, 0.29) is 19.1 Å². The fraction of sp³-hybridized carbons (Fsp3) is 0.765. The second-order valence-electron chi connectivity index (χ2n) is 7.05. The lowest BCUT2D eigenvalue weighted by Crippen LogP contribution is -2.33. The first-order chi connectivity index (χ1) is 11.4. The van der Waals surface area contributed by atoms with Crippen LogP contribution in [0, 0.1) is 25.7 Å². The summed E-state index contributed by atoms with van der Waals surface area (Å²) in [6.45, 7) is 7.61. The van der Waals surface area contributed by atoms with Gasteiger partial charge in [0.25, 0.3) is 0 Å². The molecular weight excluding hydrogens is 306 g/mol. The predicted molar refractivity (Wildman–Crippen MR) is 96.7 cm³/mol. The van der Waals surface area contributed by atoms with E-state index in [2.05, 4.69) is 21.7 Å². The summed E-state index contributed by atoms with van der Waals surface area (Å²) in [5.41, 5.74) is 2.09. The van der Waals surface area contributed by atoms with E-state index in [1.165, 1.54) is 0 Å². The van der Waals surface area contributed by atoms with E-state index < -0.39 is 0 Å². The summed E-state index contributed by atoms with van der Waals surface area (Å²) >= 11 is 0. The summed E-state index contributed by atoms with van der Waals surface area (Å²) in [5.74, 6) is 2.28. The lowest BCUT2D eigenvalue weighted by atomic mass is 9.96. The summed E-state index contributed by atoms with van der Waals surface area (Å²) in [6.07, 6.45) is 0. The number of likely N-dealkylation sites (N-methyl/N-ethyl adjacent to an activating group) is 1. The monoisotopic (exact) mass is 337 g/mol. The van der Waals surface area contributed by atoms with Gasteiger partial charge in [-0.15, -0.1) is 0 Å². The summed E-state index contributed by atoms with van der Waals surface area (Å²) in [4.78, 5) is 15.6. The lowest BCUT2D eigenvalue weighted by molar-refractivity contribution is 0.160. The fourth-order valence-electron chi connectivity index (χ4n) is 3.29. The highest BCUT2D eigenvalue weighted by atomic mass is 16.3. The Kier molecular flexibility index (Phi) is 6.37. The summed E-state index contributed by atoms with van der Waals surface area (Å²) in [5, 5.41) is 18.9. The van der Waals surface area contributed by atoms with Gasteiger partial charge < -0.3 is 24.9 Å². The molecule has 0 aliphatic carbocycles. The molecule has 0 saturated carbocycles. The molecule has 2 rings (SSSR count). The van der Waals surface area contributed by atoms with Crippen LogP contribution < -0.4 is 9.80 Å². The average molecular weight is 337 g/mol. The largest absolute Gasteiger partial charge is 0.396 e. The third-order valence-electron chi connectivity index (χ3n) is 4.89. The highest BCUT2D eigenvalue weighted by Gasteiger charge is 2.34. The van der Waals surface area contributed by atoms with Gasteiger partial charge >= 0.3 is 0 Å². The molecular formula is C17H31N5O2. The van der Waals surface area contributed by atoms with Gasteiger partial charge in [0.05, 0.1) is 6.61 Å². The number of aliphatic hydroxyl groups excluding tert-OH is 2. The highest BCUT2D eigenvalue weighted by molar-refractivity contribution is 5.53. The van der Waals surface area contributed by atoms with E-state index in [0.29, 0.717) is 12.5 Å². The Hall–Kier alpha value is -1.44. The smallest absolute Gasteiger partial charge is 0.227 e. The van der Waals surface area contributed by atoms with Gasteiger partial charge in [-0.3, -0.25) is 0 Å². The first-order valence-electron chi connectivity index (χ1n) is 8.55. The van der Waals surface area contributed by atoms with E-state index >= 15 is 0 Å². The standard InChI is InChI=1S/C17H31N5O2/c1-12-13(2)18-17(20(3)4)19-16(12)22-9-14(15(10-22)11-24)8-21(5)6-7-23/h14-15,23-24H,6-11H2,1-5H3/t14-,15-/m1/s1. The predicted octanol–water partition coefficient (Wildman–Crippen LogP) is 0.128. The van der Waals surface area contributed by atoms with Gasteiger partial charge in [-0.25, -0.2) is 4.98 Å². The minimum absolute atomic E-state index is 0.160. The van der Waals surface area contributed by atoms with Crippen LogP contribution in [0.1, 0.15) is 11.3 Å². The van der Waals surface area contributed by atoms with Crippen molar-refractivity contribution in [3.05, 3.63) is 11.3 Å². The zero-order valence-electron chi connectivity index (χ0n) is 15.5. The second-order valence-corrected chi connectivity index (χ2v) is 7.05. The molecule has 0 spiro atoms. The molecule has 1 aliphatic rings. The van der Waals surface area contributed by atoms with Gasteiger partial charge in [-0.1, -0.05) is 0 Å². The molecule has 0 aromatic carbocycles. The summed E-state index contributed by atoms with van der Waals surface area (Å²) in [6, 6.07) is 0. The van der Waals surface area contributed by atoms with E-state index in [4.69, 9.17) is 10.1 Å². The van der Waals surface area contributed by atoms with Crippen LogP contribution >= 0.6 is 0 Å². The van der Waals surface area contributed by atoms with Crippen molar-refractivity contribution in [2.45, 2.75) is 13.8 Å². The molecule has 0 unspecified atom stereocenters. The Morgan fingerprint density at radius 1 is 1.08 bits per heavy atom. The quantitative estimate of drug-likeness (QED) is 0.732. The molecule has 2 N–H and O–H groups in total. The Morgan fingerprint density at radius 2 is 1.75 bits per heavy atom. The third-order valence-corrected chi connectivity index (χ3v) is 4.89. The molecule has 0 amide bonds. The van der Waals surface area contributed by atoms with Crippen molar-refractivity contribution in [1.82, 2.24) is 14.9 Å². The zero-order valence-corrected chi connectivity index (χ0v) is 15.5. The van der Waals surface area contributed by atoms with Crippen molar-refractivity contribution in [1.29, 1.82) is 0 Å². The normalized spacial score (nSPS) is 20.9. The van der Waals surface area contributed by atoms with Crippen LogP contribution in [0.3, 0.4) is 0 Å². The van der Waals surface area contributed by atoms with E-state index in [1.807, 2.05) is 33.0 Å². The first-order valence-corrected chi connectivity index (χ1v) is 8.55. The van der Waals surface area contributed by atoms with Crippen molar-refractivity contribution in [3.63, 3.8) is 0 Å². The molecule has 1 aliphatic heterocycles. The number of aryl methyl sites for hydroxylation is 1. The van der Waals surface area contributed by atoms with Gasteiger partial charge in [0.1, 0.15) is 5.82 Å². The lowest BCUT2D eigenvalue weighted by Gasteiger charge is -2.24. The number of nitrogens with zero attached hydrogens (tertiary/aromatic N) is 5. The zero-order chi connectivity index (χ0) is 17.9. The van der Waals surface area contributed by atoms with Gasteiger partial charge in [0, 0.05) is 64.1 Å². The van der Waals surface area contributed by atoms with Gasteiger partial charge in [-0.2, -0.15) is 4.98 Å². The number of hydrogen-bond donors (Lipinski definition) is 2. The molecule has 2 atom stereocenters. The number of aliphatic hydroxyl groups is 2. The maximum atomic E-state index is 9.78. The molecule has 1 saturated heterocycles. The van der Waals surface area contributed by atoms with Crippen molar-refractivity contribution in [2.24, 2.45) is 11.8 Å². The Bertz CT molecular complexity index is 552. The topological polar surface area (TPSA) is 76.0 Å². The molecule has 0 radical (unpaired) electrons. The molecule has 24 heavy (non-hydrogen) atoms. The molecule has 7 nitrogen and oxygen atoms in total. The van der Waals surface area contributed by atoms with Crippen LogP contribution in [-0.4, -0.2) is 85.6 Å². The van der Waals surface area contributed by atoms with Crippen molar-refractivity contribution in [2.75, 3.05) is 70.3 Å². The van der Waals surface area contributed by atoms with Crippen LogP contribution in [0.25, 0.3) is 0 Å². The van der Waals surface area contributed by atoms with Crippen molar-refractivity contribution < 1.29 is 10.2 Å². The fourth-order valence-corrected chi connectivity index (χ4v) is 3.29. The molecule has 0 bridgehead atoms. The van der Waals surface area contributed by atoms with Crippen molar-refractivity contribution >= 4 is 11.8 Å². The Morgan fingerprint density at radius 3 is 2.33 bits per heavy atom. The van der Waals surface area contributed by atoms with Crippen LogP contribution in [0.5, 0.6) is 0 Å². The SMILES string of the molecule is Cc1nc(N(C)C)nc(N2C[C@@H](CN(C)CCO)[C@@H](CO)C2)c1C. The van der Waals surface area contributed by atoms with Crippen LogP contribution in [0.15, 0.2) is 0 Å². The Labute approximate surface area is 144 Å².